The highest BCUT2D eigenvalue weighted by Crippen LogP contribution is 2.09. The second-order valence-corrected chi connectivity index (χ2v) is 20.0. The van der Waals surface area contributed by atoms with Crippen molar-refractivity contribution in [2.75, 3.05) is 28.4 Å². The summed E-state index contributed by atoms with van der Waals surface area (Å²) < 4.78 is 18.0. The first kappa shape index (κ1) is 134. The van der Waals surface area contributed by atoms with Gasteiger partial charge in [0.15, 0.2) is 0 Å². The molecule has 0 aromatic heterocycles. The Hall–Kier alpha value is -14.4. The Kier molecular flexibility index (Phi) is 124. The summed E-state index contributed by atoms with van der Waals surface area (Å²) in [6.07, 6.45) is 32.8. The summed E-state index contributed by atoms with van der Waals surface area (Å²) in [5.74, 6) is -4.85. The number of carbonyl (C=O) groups is 8. The van der Waals surface area contributed by atoms with Crippen molar-refractivity contribution in [1.29, 1.82) is 0 Å². The first-order valence-electron chi connectivity index (χ1n) is 38.4. The molecule has 8 rings (SSSR count). The minimum atomic E-state index is -0.922. The van der Waals surface area contributed by atoms with Crippen LogP contribution in [-0.4, -0.2) is 96.6 Å². The van der Waals surface area contributed by atoms with Gasteiger partial charge in [0.1, 0.15) is 0 Å². The lowest BCUT2D eigenvalue weighted by molar-refractivity contribution is -0.136. The molecule has 0 atom stereocenters. The summed E-state index contributed by atoms with van der Waals surface area (Å²) in [5.41, 5.74) is 7.57. The molecule has 16 nitrogen and oxygen atoms in total. The maximum atomic E-state index is 11.0. The van der Waals surface area contributed by atoms with E-state index in [1.165, 1.54) is 40.6 Å². The van der Waals surface area contributed by atoms with Gasteiger partial charge in [-0.1, -0.05) is 336 Å². The van der Waals surface area contributed by atoms with Gasteiger partial charge in [-0.2, -0.15) is 0 Å². The SMILES string of the molecule is C.C/C(=C/c1ccccc1)C(=O)O.C=C.C=C.C=C.C=C.C=CC.CC.CC.CC.CC.CC=C/C=C/C.CC=C/C=C/C.COC(=O)/C(C)=C\c1ccccc1.COC(=O)/C=C/c1ccccc1.COC(=O)/C=C\c1ccccc1.COC(=O)c1ccccc1.O=C(O)/C=C/c1ccccc1.O=C(O)/C=C\c1ccccc1.O=C(O)c1ccccc1. The van der Waals surface area contributed by atoms with Crippen LogP contribution < -0.4 is 0 Å². The van der Waals surface area contributed by atoms with Crippen molar-refractivity contribution in [2.24, 2.45) is 0 Å². The normalized spacial score (nSPS) is 9.07. The van der Waals surface area contributed by atoms with Crippen LogP contribution in [-0.2, 0) is 47.7 Å². The van der Waals surface area contributed by atoms with Crippen molar-refractivity contribution in [2.45, 2.75) is 111 Å². The molecule has 8 aromatic carbocycles. The maximum Gasteiger partial charge on any atom is 0.337 e. The molecule has 122 heavy (non-hydrogen) atoms. The van der Waals surface area contributed by atoms with Gasteiger partial charge in [-0.15, -0.1) is 59.2 Å². The minimum absolute atomic E-state index is 0. The van der Waals surface area contributed by atoms with Gasteiger partial charge < -0.3 is 39.4 Å². The van der Waals surface area contributed by atoms with Crippen LogP contribution in [0.15, 0.2) is 392 Å². The van der Waals surface area contributed by atoms with Crippen LogP contribution in [0.1, 0.15) is 165 Å². The van der Waals surface area contributed by atoms with Crippen LogP contribution >= 0.6 is 0 Å². The molecule has 8 aromatic rings. The Morgan fingerprint density at radius 3 is 0.680 bits per heavy atom. The van der Waals surface area contributed by atoms with Crippen molar-refractivity contribution in [3.8, 4) is 0 Å². The predicted octanol–water partition coefficient (Wildman–Crippen LogP) is 28.0. The number of hydrogen-bond donors (Lipinski definition) is 4. The van der Waals surface area contributed by atoms with E-state index in [1.807, 2.05) is 327 Å². The van der Waals surface area contributed by atoms with E-state index in [0.29, 0.717) is 22.3 Å². The molecule has 0 spiro atoms. The third kappa shape index (κ3) is 99.8. The number of aromatic carboxylic acids is 1. The summed E-state index contributed by atoms with van der Waals surface area (Å²) in [6.45, 7) is 56.6. The standard InChI is InChI=1S/C11H12O2.3C10H10O2.2C9H8O2.C8H8O2.C7H6O2.2C6H10.C3H6.4C2H6.4C2H4.CH4/c1-9(11(12)13-2)8-10-6-4-3-5-7-10;2*1-12-10(11)8-7-9-5-3-2-4-6-9;1-8(10(11)12)7-9-5-3-2-4-6-9;2*10-9(11)7-6-8-4-2-1-3-5-8;1-10-8(9)7-5-3-2-4-6-7;8-7(9)6-4-2-1-3-5-6;2*1-3-5-6-4-2;1-3-2;8*1-2;/h3-8H,1-2H3;2*2-8H,1H3;2-7H,1H3,(H,11,12);2*1-7H,(H,10,11);2-6H,1H3;1-5H,(H,8,9);2*3-6H,1-2H3;3H,1H2,2H3;4*1-2H3;4*1-2H2;1H4/b9-8-;8-7+;2*8-7-;7-6+;7-6-;;;2*5-3+,6-4?;;;;;;;;;;. The molecule has 0 saturated heterocycles. The van der Waals surface area contributed by atoms with E-state index in [-0.39, 0.29) is 31.3 Å². The van der Waals surface area contributed by atoms with E-state index in [4.69, 9.17) is 20.4 Å². The molecule has 16 heteroatoms. The molecular formula is C106H142O16. The number of ether oxygens (including phenoxy) is 4. The predicted molar refractivity (Wildman–Crippen MR) is 524 cm³/mol. The van der Waals surface area contributed by atoms with Gasteiger partial charge in [0.2, 0.25) is 0 Å². The molecule has 4 N–H and O–H groups in total. The molecular weight excluding hydrogens is 1530 g/mol. The fourth-order valence-corrected chi connectivity index (χ4v) is 6.65. The zero-order chi connectivity index (χ0) is 94.9. The largest absolute Gasteiger partial charge is 0.478 e. The molecule has 0 aliphatic heterocycles. The number of hydrogen-bond acceptors (Lipinski definition) is 12. The van der Waals surface area contributed by atoms with Crippen LogP contribution in [0.25, 0.3) is 36.5 Å². The van der Waals surface area contributed by atoms with E-state index < -0.39 is 23.9 Å². The van der Waals surface area contributed by atoms with Crippen LogP contribution in [0.4, 0.5) is 0 Å². The zero-order valence-electron chi connectivity index (χ0n) is 75.1. The lowest BCUT2D eigenvalue weighted by Crippen LogP contribution is -2.00. The average Bonchev–Trinajstić information content (AvgIpc) is 0.931. The smallest absolute Gasteiger partial charge is 0.337 e. The van der Waals surface area contributed by atoms with Crippen LogP contribution in [0.2, 0.25) is 0 Å². The highest BCUT2D eigenvalue weighted by molar-refractivity contribution is 5.93. The van der Waals surface area contributed by atoms with Crippen molar-refractivity contribution in [1.82, 2.24) is 0 Å². The van der Waals surface area contributed by atoms with Gasteiger partial charge in [0, 0.05) is 35.5 Å². The number of rotatable bonds is 16. The minimum Gasteiger partial charge on any atom is -0.478 e. The van der Waals surface area contributed by atoms with Crippen molar-refractivity contribution in [3.05, 3.63) is 437 Å². The highest BCUT2D eigenvalue weighted by atomic mass is 16.5. The Labute approximate surface area is 734 Å². The Balaban J connectivity index is -0.000000108. The molecule has 0 aliphatic carbocycles. The molecule has 0 heterocycles. The number of benzene rings is 8. The maximum absolute atomic E-state index is 11.0. The van der Waals surface area contributed by atoms with Gasteiger partial charge in [-0.05, 0) is 143 Å². The fourth-order valence-electron chi connectivity index (χ4n) is 6.65. The van der Waals surface area contributed by atoms with Gasteiger partial charge in [0.05, 0.1) is 39.6 Å². The Bertz CT molecular complexity index is 3860. The summed E-state index contributed by atoms with van der Waals surface area (Å²) in [7, 11) is 5.47. The molecule has 0 amide bonds. The van der Waals surface area contributed by atoms with Gasteiger partial charge in [-0.25, -0.2) is 38.4 Å². The number of methoxy groups -OCH3 is 4. The monoisotopic (exact) mass is 1670 g/mol. The first-order chi connectivity index (χ1) is 58.6. The fraction of sp³-hybridized carbons (Fsp3) is 0.189. The molecule has 0 saturated carbocycles. The highest BCUT2D eigenvalue weighted by Gasteiger charge is 2.03. The molecule has 0 unspecified atom stereocenters. The lowest BCUT2D eigenvalue weighted by Gasteiger charge is -1.98. The second-order valence-electron chi connectivity index (χ2n) is 20.0. The molecule has 0 bridgehead atoms. The van der Waals surface area contributed by atoms with E-state index >= 15 is 0 Å². The number of allylic oxidation sites excluding steroid dienone is 9. The Morgan fingerprint density at radius 2 is 0.500 bits per heavy atom. The average molecular weight is 1670 g/mol. The topological polar surface area (TPSA) is 254 Å². The third-order valence-electron chi connectivity index (χ3n) is 11.7. The summed E-state index contributed by atoms with van der Waals surface area (Å²) >= 11 is 0. The van der Waals surface area contributed by atoms with Crippen molar-refractivity contribution >= 4 is 84.2 Å². The Morgan fingerprint density at radius 1 is 0.295 bits per heavy atom. The number of carboxylic acid groups (broad SMARTS) is 4. The van der Waals surface area contributed by atoms with E-state index in [2.05, 4.69) is 78.2 Å². The van der Waals surface area contributed by atoms with Crippen molar-refractivity contribution in [3.63, 3.8) is 0 Å². The molecule has 662 valence electrons. The lowest BCUT2D eigenvalue weighted by atomic mass is 10.1. The molecule has 0 radical (unpaired) electrons. The van der Waals surface area contributed by atoms with Crippen LogP contribution in [0.3, 0.4) is 0 Å². The summed E-state index contributed by atoms with van der Waals surface area (Å²) in [5, 5.41) is 33.5. The first-order valence-corrected chi connectivity index (χ1v) is 38.4. The van der Waals surface area contributed by atoms with Crippen LogP contribution in [0.5, 0.6) is 0 Å². The quantitative estimate of drug-likeness (QED) is 0.0231. The number of esters is 4. The zero-order valence-corrected chi connectivity index (χ0v) is 75.1. The molecule has 0 aliphatic rings. The van der Waals surface area contributed by atoms with E-state index in [9.17, 15) is 38.4 Å². The summed E-state index contributed by atoms with van der Waals surface area (Å²) in [4.78, 5) is 84.0. The third-order valence-corrected chi connectivity index (χ3v) is 11.7. The number of aliphatic carboxylic acids is 3. The van der Waals surface area contributed by atoms with Crippen molar-refractivity contribution < 1.29 is 77.7 Å². The van der Waals surface area contributed by atoms with Gasteiger partial charge >= 0.3 is 47.8 Å². The summed E-state index contributed by atoms with van der Waals surface area (Å²) in [6, 6.07) is 74.0. The second kappa shape index (κ2) is 113. The van der Waals surface area contributed by atoms with Crippen LogP contribution in [0, 0.1) is 0 Å². The number of carboxylic acids is 4. The molecule has 0 fully saturated rings. The number of carbonyl (C=O) groups excluding carboxylic acids is 4. The van der Waals surface area contributed by atoms with E-state index in [0.717, 1.165) is 45.5 Å². The van der Waals surface area contributed by atoms with E-state index in [1.54, 1.807) is 111 Å². The van der Waals surface area contributed by atoms with Gasteiger partial charge in [0.25, 0.3) is 0 Å². The van der Waals surface area contributed by atoms with Gasteiger partial charge in [-0.3, -0.25) is 0 Å².